The number of unbranched alkanes of at least 4 members (excludes halogenated alkanes) is 24. The summed E-state index contributed by atoms with van der Waals surface area (Å²) in [5.41, 5.74) is 0. The highest BCUT2D eigenvalue weighted by atomic mass is 16.6. The van der Waals surface area contributed by atoms with Crippen molar-refractivity contribution in [1.82, 2.24) is 0 Å². The van der Waals surface area contributed by atoms with Gasteiger partial charge in [-0.25, -0.2) is 0 Å². The second-order valence-electron chi connectivity index (χ2n) is 11.3. The minimum Gasteiger partial charge on any atom is -0.462 e. The van der Waals surface area contributed by atoms with Gasteiger partial charge < -0.3 is 9.47 Å². The molecule has 0 aliphatic heterocycles. The van der Waals surface area contributed by atoms with E-state index in [1.165, 1.54) is 148 Å². The lowest BCUT2D eigenvalue weighted by Crippen LogP contribution is -2.10. The fraction of sp³-hybridized carbons (Fsp3) is 0.912. The minimum absolute atomic E-state index is 0.0572. The molecule has 0 atom stereocenters. The standard InChI is InChI=1S/C34H65O4/c1-3-5-7-9-11-13-15-17-19-21-23-25-27-29-33(35)37-31-32-38-34(36)30-28-26-24-22-20-18-16-14-12-10-8-6-4-2/h31H,3-30,32H2,1-2H3. The van der Waals surface area contributed by atoms with Crippen LogP contribution in [0.2, 0.25) is 0 Å². The van der Waals surface area contributed by atoms with Gasteiger partial charge in [-0.15, -0.1) is 0 Å². The number of esters is 2. The van der Waals surface area contributed by atoms with Crippen LogP contribution in [0.15, 0.2) is 0 Å². The Kier molecular flexibility index (Phi) is 31.3. The van der Waals surface area contributed by atoms with Gasteiger partial charge in [-0.3, -0.25) is 9.59 Å². The molecule has 0 bridgehead atoms. The van der Waals surface area contributed by atoms with Crippen molar-refractivity contribution in [2.45, 2.75) is 194 Å². The summed E-state index contributed by atoms with van der Waals surface area (Å²) in [6, 6.07) is 0. The van der Waals surface area contributed by atoms with Gasteiger partial charge in [-0.2, -0.15) is 0 Å². The Morgan fingerprint density at radius 2 is 0.711 bits per heavy atom. The van der Waals surface area contributed by atoms with Crippen molar-refractivity contribution in [2.75, 3.05) is 6.61 Å². The molecule has 0 aromatic rings. The fourth-order valence-corrected chi connectivity index (χ4v) is 4.96. The predicted molar refractivity (Wildman–Crippen MR) is 162 cm³/mol. The molecule has 0 saturated heterocycles. The van der Waals surface area contributed by atoms with Crippen molar-refractivity contribution in [1.29, 1.82) is 0 Å². The van der Waals surface area contributed by atoms with Crippen molar-refractivity contribution in [3.05, 3.63) is 6.61 Å². The Morgan fingerprint density at radius 3 is 1.05 bits per heavy atom. The lowest BCUT2D eigenvalue weighted by atomic mass is 10.0. The summed E-state index contributed by atoms with van der Waals surface area (Å²) in [5.74, 6) is -0.419. The molecule has 0 aromatic heterocycles. The lowest BCUT2D eigenvalue weighted by molar-refractivity contribution is -0.148. The lowest BCUT2D eigenvalue weighted by Gasteiger charge is -2.06. The van der Waals surface area contributed by atoms with E-state index in [4.69, 9.17) is 9.47 Å². The Hall–Kier alpha value is -1.06. The number of ether oxygens (including phenoxy) is 2. The summed E-state index contributed by atoms with van der Waals surface area (Å²) in [7, 11) is 0. The zero-order valence-electron chi connectivity index (χ0n) is 25.7. The van der Waals surface area contributed by atoms with Crippen molar-refractivity contribution in [2.24, 2.45) is 0 Å². The van der Waals surface area contributed by atoms with E-state index >= 15 is 0 Å². The second-order valence-corrected chi connectivity index (χ2v) is 11.3. The number of rotatable bonds is 31. The summed E-state index contributed by atoms with van der Waals surface area (Å²) in [6.07, 6.45) is 34.5. The summed E-state index contributed by atoms with van der Waals surface area (Å²) in [4.78, 5) is 23.6. The summed E-state index contributed by atoms with van der Waals surface area (Å²) in [6.45, 7) is 5.92. The third-order valence-electron chi connectivity index (χ3n) is 7.50. The summed E-state index contributed by atoms with van der Waals surface area (Å²) in [5, 5.41) is 0. The molecule has 225 valence electrons. The highest BCUT2D eigenvalue weighted by Gasteiger charge is 2.06. The Labute approximate surface area is 237 Å². The third kappa shape index (κ3) is 31.2. The Bertz CT molecular complexity index is 447. The van der Waals surface area contributed by atoms with Gasteiger partial charge in [-0.1, -0.05) is 168 Å². The van der Waals surface area contributed by atoms with Crippen LogP contribution in [0.4, 0.5) is 0 Å². The molecule has 0 unspecified atom stereocenters. The van der Waals surface area contributed by atoms with Crippen molar-refractivity contribution in [3.8, 4) is 0 Å². The minimum atomic E-state index is -0.222. The number of carbonyl (C=O) groups excluding carboxylic acids is 2. The van der Waals surface area contributed by atoms with Gasteiger partial charge in [-0.05, 0) is 12.8 Å². The molecular formula is C34H65O4. The largest absolute Gasteiger partial charge is 0.462 e. The van der Waals surface area contributed by atoms with Crippen LogP contribution in [0.5, 0.6) is 0 Å². The Morgan fingerprint density at radius 1 is 0.421 bits per heavy atom. The van der Waals surface area contributed by atoms with E-state index in [9.17, 15) is 9.59 Å². The van der Waals surface area contributed by atoms with E-state index in [1.807, 2.05) is 0 Å². The van der Waals surface area contributed by atoms with E-state index in [1.54, 1.807) is 0 Å². The highest BCUT2D eigenvalue weighted by molar-refractivity contribution is 5.70. The van der Waals surface area contributed by atoms with E-state index in [0.29, 0.717) is 12.8 Å². The van der Waals surface area contributed by atoms with Crippen molar-refractivity contribution < 1.29 is 19.1 Å². The zero-order valence-corrected chi connectivity index (χ0v) is 25.7. The molecule has 0 saturated carbocycles. The van der Waals surface area contributed by atoms with E-state index in [-0.39, 0.29) is 18.5 Å². The van der Waals surface area contributed by atoms with Crippen molar-refractivity contribution >= 4 is 11.9 Å². The maximum atomic E-state index is 11.8. The maximum Gasteiger partial charge on any atom is 0.306 e. The van der Waals surface area contributed by atoms with Crippen LogP contribution in [-0.2, 0) is 19.1 Å². The van der Waals surface area contributed by atoms with Gasteiger partial charge in [0.2, 0.25) is 0 Å². The third-order valence-corrected chi connectivity index (χ3v) is 7.50. The molecule has 4 nitrogen and oxygen atoms in total. The van der Waals surface area contributed by atoms with Gasteiger partial charge in [0.25, 0.3) is 0 Å². The molecule has 0 amide bonds. The average Bonchev–Trinajstić information content (AvgIpc) is 2.92. The molecule has 0 rings (SSSR count). The first-order chi connectivity index (χ1) is 18.7. The monoisotopic (exact) mass is 537 g/mol. The van der Waals surface area contributed by atoms with E-state index < -0.39 is 0 Å². The molecule has 0 aliphatic carbocycles. The number of hydrogen-bond donors (Lipinski definition) is 0. The first kappa shape index (κ1) is 36.9. The van der Waals surface area contributed by atoms with Gasteiger partial charge >= 0.3 is 11.9 Å². The number of hydrogen-bond acceptors (Lipinski definition) is 4. The van der Waals surface area contributed by atoms with Crippen LogP contribution in [0.25, 0.3) is 0 Å². The summed E-state index contributed by atoms with van der Waals surface area (Å²) >= 11 is 0. The second kappa shape index (κ2) is 32.2. The van der Waals surface area contributed by atoms with Crippen LogP contribution in [-0.4, -0.2) is 18.5 Å². The Balaban J connectivity index is 3.27. The van der Waals surface area contributed by atoms with E-state index in [2.05, 4.69) is 13.8 Å². The molecule has 0 aliphatic rings. The molecular weight excluding hydrogens is 472 g/mol. The van der Waals surface area contributed by atoms with Gasteiger partial charge in [0.05, 0.1) is 0 Å². The average molecular weight is 538 g/mol. The number of carbonyl (C=O) groups is 2. The van der Waals surface area contributed by atoms with Crippen LogP contribution in [0.1, 0.15) is 194 Å². The molecule has 0 heterocycles. The van der Waals surface area contributed by atoms with Crippen LogP contribution >= 0.6 is 0 Å². The SMILES string of the molecule is CCCCCCCCCCCCCCCC(=O)O[CH]COC(=O)CCCCCCCCCCCCCCC. The van der Waals surface area contributed by atoms with Gasteiger partial charge in [0.1, 0.15) is 6.61 Å². The molecule has 0 N–H and O–H groups in total. The van der Waals surface area contributed by atoms with Crippen LogP contribution in [0, 0.1) is 6.61 Å². The van der Waals surface area contributed by atoms with Crippen LogP contribution in [0.3, 0.4) is 0 Å². The molecule has 4 heteroatoms. The molecule has 1 radical (unpaired) electrons. The smallest absolute Gasteiger partial charge is 0.306 e. The molecule has 0 aromatic carbocycles. The maximum absolute atomic E-state index is 11.8. The molecule has 38 heavy (non-hydrogen) atoms. The topological polar surface area (TPSA) is 52.6 Å². The van der Waals surface area contributed by atoms with Gasteiger partial charge in [0.15, 0.2) is 6.61 Å². The first-order valence-corrected chi connectivity index (χ1v) is 16.9. The fourth-order valence-electron chi connectivity index (χ4n) is 4.96. The van der Waals surface area contributed by atoms with E-state index in [0.717, 1.165) is 25.7 Å². The zero-order chi connectivity index (χ0) is 27.8. The summed E-state index contributed by atoms with van der Waals surface area (Å²) < 4.78 is 10.2. The quantitative estimate of drug-likeness (QED) is 0.0651. The van der Waals surface area contributed by atoms with Crippen LogP contribution < -0.4 is 0 Å². The highest BCUT2D eigenvalue weighted by Crippen LogP contribution is 2.14. The van der Waals surface area contributed by atoms with Gasteiger partial charge in [0, 0.05) is 12.8 Å². The molecule has 0 fully saturated rings. The first-order valence-electron chi connectivity index (χ1n) is 16.9. The predicted octanol–water partition coefficient (Wildman–Crippen LogP) is 11.2. The normalized spacial score (nSPS) is 11.1. The molecule has 0 spiro atoms. The van der Waals surface area contributed by atoms with Crippen molar-refractivity contribution in [3.63, 3.8) is 0 Å².